The molecule has 0 bridgehead atoms. The number of nitrogens with zero attached hydrogens (tertiary/aromatic N) is 3. The molecule has 0 atom stereocenters. The molecule has 0 spiro atoms. The van der Waals surface area contributed by atoms with Gasteiger partial charge >= 0.3 is 0 Å². The summed E-state index contributed by atoms with van der Waals surface area (Å²) in [5.74, 6) is -0.172. The Morgan fingerprint density at radius 3 is 2.52 bits per heavy atom. The van der Waals surface area contributed by atoms with E-state index in [1.807, 2.05) is 18.2 Å². The van der Waals surface area contributed by atoms with Crippen LogP contribution in [0.5, 0.6) is 0 Å². The molecule has 0 heterocycles. The highest BCUT2D eigenvalue weighted by Gasteiger charge is 2.29. The van der Waals surface area contributed by atoms with E-state index in [2.05, 4.69) is 10.0 Å². The molecule has 1 aliphatic rings. The summed E-state index contributed by atoms with van der Waals surface area (Å²) in [6, 6.07) is 12.4. The monoisotopic (exact) mass is 277 g/mol. The Kier molecular flexibility index (Phi) is 3.26. The van der Waals surface area contributed by atoms with Gasteiger partial charge in [0.15, 0.2) is 11.6 Å². The first-order valence-corrected chi connectivity index (χ1v) is 6.55. The smallest absolute Gasteiger partial charge is 0.194 e. The second kappa shape index (κ2) is 5.23. The summed E-state index contributed by atoms with van der Waals surface area (Å²) in [5.41, 5.74) is 11.5. The summed E-state index contributed by atoms with van der Waals surface area (Å²) in [6.45, 7) is 0.120. The highest BCUT2D eigenvalue weighted by atomic mass is 16.1. The molecule has 0 amide bonds. The van der Waals surface area contributed by atoms with E-state index in [1.165, 1.54) is 0 Å². The van der Waals surface area contributed by atoms with E-state index in [1.54, 1.807) is 24.3 Å². The minimum absolute atomic E-state index is 0.0507. The molecule has 102 valence electrons. The van der Waals surface area contributed by atoms with Crippen molar-refractivity contribution in [1.29, 1.82) is 0 Å². The third kappa shape index (κ3) is 2.10. The van der Waals surface area contributed by atoms with E-state index in [9.17, 15) is 9.59 Å². The molecule has 0 saturated carbocycles. The number of fused-ring (bicyclic) bond motifs is 3. The van der Waals surface area contributed by atoms with Gasteiger partial charge in [-0.3, -0.25) is 9.59 Å². The van der Waals surface area contributed by atoms with Gasteiger partial charge in [-0.25, -0.2) is 0 Å². The molecule has 0 fully saturated rings. The molecule has 0 aliphatic heterocycles. The van der Waals surface area contributed by atoms with Crippen LogP contribution in [-0.2, 0) is 0 Å². The van der Waals surface area contributed by atoms with Crippen molar-refractivity contribution >= 4 is 11.6 Å². The average Bonchev–Trinajstić information content (AvgIpc) is 2.81. The van der Waals surface area contributed by atoms with Crippen LogP contribution < -0.4 is 0 Å². The topological polar surface area (TPSA) is 82.9 Å². The largest absolute Gasteiger partial charge is 0.294 e. The van der Waals surface area contributed by atoms with Crippen LogP contribution in [0.15, 0.2) is 47.6 Å². The molecule has 0 N–H and O–H groups in total. The minimum atomic E-state index is -0.122. The Hall–Kier alpha value is -2.91. The van der Waals surface area contributed by atoms with E-state index in [0.29, 0.717) is 22.3 Å². The van der Waals surface area contributed by atoms with Crippen molar-refractivity contribution in [3.05, 3.63) is 69.6 Å². The Morgan fingerprint density at radius 2 is 1.76 bits per heavy atom. The van der Waals surface area contributed by atoms with Gasteiger partial charge in [0.2, 0.25) is 0 Å². The van der Waals surface area contributed by atoms with Crippen molar-refractivity contribution < 1.29 is 9.59 Å². The molecule has 1 aliphatic carbocycles. The standard InChI is InChI=1S/C16H11N3O2/c17-19-18-9-8-14(20)12-6-3-7-13-15(12)10-4-1-2-5-11(10)16(13)21/h1-7H,8-9H2. The summed E-state index contributed by atoms with van der Waals surface area (Å²) < 4.78 is 0. The number of ketones is 2. The van der Waals surface area contributed by atoms with E-state index in [0.717, 1.165) is 5.56 Å². The number of benzene rings is 2. The van der Waals surface area contributed by atoms with Gasteiger partial charge in [-0.05, 0) is 11.1 Å². The number of azide groups is 1. The Labute approximate surface area is 120 Å². The lowest BCUT2D eigenvalue weighted by atomic mass is 9.95. The number of carbonyl (C=O) groups excluding carboxylic acids is 2. The third-order valence-electron chi connectivity index (χ3n) is 3.55. The molecule has 3 rings (SSSR count). The number of hydrogen-bond donors (Lipinski definition) is 0. The van der Waals surface area contributed by atoms with Gasteiger partial charge in [-0.15, -0.1) is 0 Å². The first-order valence-electron chi connectivity index (χ1n) is 6.55. The Bertz CT molecular complexity index is 805. The molecule has 2 aromatic carbocycles. The zero-order chi connectivity index (χ0) is 14.8. The predicted octanol–water partition coefficient (Wildman–Crippen LogP) is 3.78. The first-order chi connectivity index (χ1) is 10.2. The maximum atomic E-state index is 12.3. The molecule has 0 aromatic heterocycles. The van der Waals surface area contributed by atoms with Gasteiger partial charge < -0.3 is 0 Å². The molecule has 0 unspecified atom stereocenters. The van der Waals surface area contributed by atoms with E-state index < -0.39 is 0 Å². The molecule has 5 nitrogen and oxygen atoms in total. The van der Waals surface area contributed by atoms with Crippen LogP contribution in [0.3, 0.4) is 0 Å². The van der Waals surface area contributed by atoms with Gasteiger partial charge in [-0.1, -0.05) is 47.6 Å². The molecular weight excluding hydrogens is 266 g/mol. The lowest BCUT2D eigenvalue weighted by molar-refractivity contribution is 0.0986. The van der Waals surface area contributed by atoms with Crippen molar-refractivity contribution in [2.75, 3.05) is 6.54 Å². The normalized spacial score (nSPS) is 11.5. The molecular formula is C16H11N3O2. The summed E-state index contributed by atoms with van der Waals surface area (Å²) in [5, 5.41) is 3.38. The zero-order valence-electron chi connectivity index (χ0n) is 11.1. The van der Waals surface area contributed by atoms with Crippen LogP contribution >= 0.6 is 0 Å². The summed E-state index contributed by atoms with van der Waals surface area (Å²) >= 11 is 0. The maximum Gasteiger partial charge on any atom is 0.194 e. The molecule has 0 radical (unpaired) electrons. The van der Waals surface area contributed by atoms with Crippen LogP contribution in [0, 0.1) is 0 Å². The van der Waals surface area contributed by atoms with Crippen molar-refractivity contribution in [2.45, 2.75) is 6.42 Å². The number of carbonyl (C=O) groups is 2. The fraction of sp³-hybridized carbons (Fsp3) is 0.125. The number of hydrogen-bond acceptors (Lipinski definition) is 3. The first kappa shape index (κ1) is 13.1. The number of rotatable bonds is 4. The Morgan fingerprint density at radius 1 is 1.05 bits per heavy atom. The highest BCUT2D eigenvalue weighted by Crippen LogP contribution is 2.39. The second-order valence-electron chi connectivity index (χ2n) is 4.73. The SMILES string of the molecule is [N-]=[N+]=NCCC(=O)c1cccc2c1-c1ccccc1C2=O. The Balaban J connectivity index is 2.10. The maximum absolute atomic E-state index is 12.3. The quantitative estimate of drug-likeness (QED) is 0.314. The van der Waals surface area contributed by atoms with Crippen molar-refractivity contribution in [2.24, 2.45) is 5.11 Å². The molecule has 5 heteroatoms. The summed E-state index contributed by atoms with van der Waals surface area (Å²) in [7, 11) is 0. The van der Waals surface area contributed by atoms with Crippen molar-refractivity contribution in [3.63, 3.8) is 0 Å². The lowest BCUT2D eigenvalue weighted by Gasteiger charge is -2.07. The van der Waals surface area contributed by atoms with E-state index >= 15 is 0 Å². The average molecular weight is 277 g/mol. The third-order valence-corrected chi connectivity index (χ3v) is 3.55. The van der Waals surface area contributed by atoms with Gasteiger partial charge in [0.05, 0.1) is 0 Å². The van der Waals surface area contributed by atoms with Crippen molar-refractivity contribution in [3.8, 4) is 11.1 Å². The van der Waals surface area contributed by atoms with Crippen LogP contribution in [0.1, 0.15) is 32.7 Å². The summed E-state index contributed by atoms with van der Waals surface area (Å²) in [4.78, 5) is 27.3. The second-order valence-corrected chi connectivity index (χ2v) is 4.73. The molecule has 21 heavy (non-hydrogen) atoms. The van der Waals surface area contributed by atoms with Gasteiger partial charge in [-0.2, -0.15) is 0 Å². The fourth-order valence-corrected chi connectivity index (χ4v) is 2.64. The predicted molar refractivity (Wildman–Crippen MR) is 78.3 cm³/mol. The molecule has 0 saturated heterocycles. The van der Waals surface area contributed by atoms with Gasteiger partial charge in [0, 0.05) is 40.1 Å². The minimum Gasteiger partial charge on any atom is -0.294 e. The van der Waals surface area contributed by atoms with Crippen molar-refractivity contribution in [1.82, 2.24) is 0 Å². The summed E-state index contributed by atoms with van der Waals surface area (Å²) in [6.07, 6.45) is 0.136. The lowest BCUT2D eigenvalue weighted by Crippen LogP contribution is -2.04. The van der Waals surface area contributed by atoms with Crippen LogP contribution in [-0.4, -0.2) is 18.1 Å². The fourth-order valence-electron chi connectivity index (χ4n) is 2.64. The highest BCUT2D eigenvalue weighted by molar-refractivity contribution is 6.24. The van der Waals surface area contributed by atoms with Crippen LogP contribution in [0.4, 0.5) is 0 Å². The van der Waals surface area contributed by atoms with Gasteiger partial charge in [0.1, 0.15) is 0 Å². The van der Waals surface area contributed by atoms with Gasteiger partial charge in [0.25, 0.3) is 0 Å². The van der Waals surface area contributed by atoms with E-state index in [-0.39, 0.29) is 24.5 Å². The van der Waals surface area contributed by atoms with Crippen LogP contribution in [0.25, 0.3) is 21.6 Å². The zero-order valence-corrected chi connectivity index (χ0v) is 11.1. The van der Waals surface area contributed by atoms with Crippen LogP contribution in [0.2, 0.25) is 0 Å². The van der Waals surface area contributed by atoms with E-state index in [4.69, 9.17) is 5.53 Å². The molecule has 2 aromatic rings. The number of Topliss-reactive ketones (excluding diaryl/α,β-unsaturated/α-hetero) is 1.